The first-order valence-electron chi connectivity index (χ1n) is 8.35. The SMILES string of the molecule is COc1cc(-c2cc(F)c(Cn3cnc4cccnc4c3=O)c(F)c2)ccn1. The summed E-state index contributed by atoms with van der Waals surface area (Å²) in [5, 5.41) is 0. The molecule has 28 heavy (non-hydrogen) atoms. The minimum absolute atomic E-state index is 0.145. The predicted octanol–water partition coefficient (Wildman–Crippen LogP) is 3.19. The highest BCUT2D eigenvalue weighted by molar-refractivity contribution is 5.72. The third kappa shape index (κ3) is 3.20. The fourth-order valence-corrected chi connectivity index (χ4v) is 2.89. The second kappa shape index (κ2) is 7.15. The van der Waals surface area contributed by atoms with Gasteiger partial charge in [0.2, 0.25) is 5.88 Å². The molecule has 0 unspecified atom stereocenters. The van der Waals surface area contributed by atoms with E-state index in [1.54, 1.807) is 24.3 Å². The van der Waals surface area contributed by atoms with Crippen molar-refractivity contribution in [3.05, 3.63) is 82.7 Å². The van der Waals surface area contributed by atoms with Crippen LogP contribution in [0.4, 0.5) is 8.78 Å². The van der Waals surface area contributed by atoms with Crippen LogP contribution >= 0.6 is 0 Å². The van der Waals surface area contributed by atoms with Crippen LogP contribution in [0.1, 0.15) is 5.56 Å². The van der Waals surface area contributed by atoms with Gasteiger partial charge in [0, 0.05) is 24.0 Å². The van der Waals surface area contributed by atoms with Gasteiger partial charge in [-0.15, -0.1) is 0 Å². The lowest BCUT2D eigenvalue weighted by Crippen LogP contribution is -2.23. The molecule has 3 heterocycles. The Labute approximate surface area is 158 Å². The quantitative estimate of drug-likeness (QED) is 0.544. The minimum atomic E-state index is -0.765. The number of pyridine rings is 2. The molecule has 0 atom stereocenters. The summed E-state index contributed by atoms with van der Waals surface area (Å²) < 4.78 is 35.5. The third-order valence-electron chi connectivity index (χ3n) is 4.33. The van der Waals surface area contributed by atoms with Crippen molar-refractivity contribution < 1.29 is 13.5 Å². The monoisotopic (exact) mass is 380 g/mol. The number of rotatable bonds is 4. The standard InChI is InChI=1S/C20H14F2N4O2/c1-28-18-9-12(4-6-23-18)13-7-15(21)14(16(22)8-13)10-26-11-25-17-3-2-5-24-19(17)20(26)27/h2-9,11H,10H2,1H3. The Kier molecular flexibility index (Phi) is 4.52. The summed E-state index contributed by atoms with van der Waals surface area (Å²) in [5.74, 6) is -1.19. The Morgan fingerprint density at radius 2 is 1.79 bits per heavy atom. The van der Waals surface area contributed by atoms with Gasteiger partial charge in [-0.3, -0.25) is 9.36 Å². The van der Waals surface area contributed by atoms with Crippen molar-refractivity contribution in [2.24, 2.45) is 0 Å². The molecular formula is C20H14F2N4O2. The smallest absolute Gasteiger partial charge is 0.280 e. The second-order valence-electron chi connectivity index (χ2n) is 6.05. The van der Waals surface area contributed by atoms with Crippen molar-refractivity contribution >= 4 is 11.0 Å². The maximum atomic E-state index is 14.7. The Morgan fingerprint density at radius 3 is 2.54 bits per heavy atom. The van der Waals surface area contributed by atoms with Gasteiger partial charge in [0.1, 0.15) is 11.6 Å². The lowest BCUT2D eigenvalue weighted by atomic mass is 10.0. The molecule has 0 fully saturated rings. The molecule has 3 aromatic heterocycles. The van der Waals surface area contributed by atoms with Crippen LogP contribution < -0.4 is 10.3 Å². The molecule has 140 valence electrons. The molecule has 6 nitrogen and oxygen atoms in total. The zero-order chi connectivity index (χ0) is 19.7. The van der Waals surface area contributed by atoms with Gasteiger partial charge in [-0.2, -0.15) is 0 Å². The van der Waals surface area contributed by atoms with Crippen LogP contribution in [0.15, 0.2) is 59.9 Å². The topological polar surface area (TPSA) is 69.9 Å². The normalized spacial score (nSPS) is 11.0. The molecule has 0 saturated carbocycles. The molecule has 0 spiro atoms. The Hall–Kier alpha value is -3.68. The summed E-state index contributed by atoms with van der Waals surface area (Å²) in [7, 11) is 1.46. The highest BCUT2D eigenvalue weighted by Crippen LogP contribution is 2.26. The van der Waals surface area contributed by atoms with Gasteiger partial charge >= 0.3 is 0 Å². The Morgan fingerprint density at radius 1 is 1.00 bits per heavy atom. The number of ether oxygens (including phenoxy) is 1. The lowest BCUT2D eigenvalue weighted by Gasteiger charge is -2.11. The molecule has 8 heteroatoms. The number of fused-ring (bicyclic) bond motifs is 1. The van der Waals surface area contributed by atoms with Crippen molar-refractivity contribution in [2.45, 2.75) is 6.54 Å². The number of halogens is 2. The number of aromatic nitrogens is 4. The maximum absolute atomic E-state index is 14.7. The van der Waals surface area contributed by atoms with Crippen LogP contribution in [-0.4, -0.2) is 26.6 Å². The number of methoxy groups -OCH3 is 1. The van der Waals surface area contributed by atoms with Crippen molar-refractivity contribution in [3.63, 3.8) is 0 Å². The van der Waals surface area contributed by atoms with Crippen molar-refractivity contribution in [2.75, 3.05) is 7.11 Å². The molecule has 0 aliphatic heterocycles. The van der Waals surface area contributed by atoms with Gasteiger partial charge in [0.15, 0.2) is 5.52 Å². The summed E-state index contributed by atoms with van der Waals surface area (Å²) in [6, 6.07) is 8.94. The summed E-state index contributed by atoms with van der Waals surface area (Å²) in [4.78, 5) is 24.6. The minimum Gasteiger partial charge on any atom is -0.481 e. The summed E-state index contributed by atoms with van der Waals surface area (Å²) >= 11 is 0. The van der Waals surface area contributed by atoms with E-state index in [1.165, 1.54) is 38.0 Å². The Balaban J connectivity index is 1.73. The predicted molar refractivity (Wildman–Crippen MR) is 99.0 cm³/mol. The second-order valence-corrected chi connectivity index (χ2v) is 6.05. The first kappa shape index (κ1) is 17.7. The highest BCUT2D eigenvalue weighted by atomic mass is 19.1. The summed E-state index contributed by atoms with van der Waals surface area (Å²) in [6.07, 6.45) is 4.22. The van der Waals surface area contributed by atoms with Crippen LogP contribution in [0, 0.1) is 11.6 Å². The molecule has 4 rings (SSSR count). The van der Waals surface area contributed by atoms with Crippen molar-refractivity contribution in [1.29, 1.82) is 0 Å². The summed E-state index contributed by atoms with van der Waals surface area (Å²) in [5.41, 5.74) is 0.768. The first-order valence-corrected chi connectivity index (χ1v) is 8.35. The zero-order valence-electron chi connectivity index (χ0n) is 14.8. The van der Waals surface area contributed by atoms with E-state index in [4.69, 9.17) is 4.74 Å². The molecule has 0 aliphatic carbocycles. The van der Waals surface area contributed by atoms with Gasteiger partial charge in [-0.05, 0) is 41.5 Å². The van der Waals surface area contributed by atoms with Gasteiger partial charge in [0.25, 0.3) is 5.56 Å². The number of benzene rings is 1. The van der Waals surface area contributed by atoms with E-state index in [0.717, 1.165) is 4.57 Å². The van der Waals surface area contributed by atoms with E-state index >= 15 is 0 Å². The van der Waals surface area contributed by atoms with Gasteiger partial charge < -0.3 is 4.74 Å². The maximum Gasteiger partial charge on any atom is 0.280 e. The fraction of sp³-hybridized carbons (Fsp3) is 0.100. The van der Waals surface area contributed by atoms with E-state index in [1.807, 2.05) is 0 Å². The van der Waals surface area contributed by atoms with E-state index in [9.17, 15) is 13.6 Å². The number of hydrogen-bond donors (Lipinski definition) is 0. The van der Waals surface area contributed by atoms with E-state index in [2.05, 4.69) is 15.0 Å². The van der Waals surface area contributed by atoms with Crippen LogP contribution in [0.25, 0.3) is 22.2 Å². The Bertz CT molecular complexity index is 1220. The van der Waals surface area contributed by atoms with Crippen LogP contribution in [0.3, 0.4) is 0 Å². The van der Waals surface area contributed by atoms with E-state index in [-0.39, 0.29) is 17.6 Å². The molecule has 0 aliphatic rings. The number of nitrogens with zero attached hydrogens (tertiary/aromatic N) is 4. The van der Waals surface area contributed by atoms with Crippen molar-refractivity contribution in [3.8, 4) is 17.0 Å². The average molecular weight is 380 g/mol. The van der Waals surface area contributed by atoms with Crippen LogP contribution in [0.2, 0.25) is 0 Å². The van der Waals surface area contributed by atoms with Crippen molar-refractivity contribution in [1.82, 2.24) is 19.5 Å². The third-order valence-corrected chi connectivity index (χ3v) is 4.33. The first-order chi connectivity index (χ1) is 13.6. The largest absolute Gasteiger partial charge is 0.481 e. The molecular weight excluding hydrogens is 366 g/mol. The molecule has 0 saturated heterocycles. The van der Waals surface area contributed by atoms with Gasteiger partial charge in [-0.1, -0.05) is 0 Å². The lowest BCUT2D eigenvalue weighted by molar-refractivity contribution is 0.398. The summed E-state index contributed by atoms with van der Waals surface area (Å²) in [6.45, 7) is -0.296. The van der Waals surface area contributed by atoms with Gasteiger partial charge in [0.05, 0.1) is 25.5 Å². The van der Waals surface area contributed by atoms with E-state index < -0.39 is 17.2 Å². The number of hydrogen-bond acceptors (Lipinski definition) is 5. The highest BCUT2D eigenvalue weighted by Gasteiger charge is 2.15. The fourth-order valence-electron chi connectivity index (χ4n) is 2.89. The zero-order valence-corrected chi connectivity index (χ0v) is 14.8. The molecule has 0 bridgehead atoms. The van der Waals surface area contributed by atoms with Crippen LogP contribution in [0.5, 0.6) is 5.88 Å². The molecule has 0 amide bonds. The molecule has 4 aromatic rings. The molecule has 0 radical (unpaired) electrons. The molecule has 0 N–H and O–H groups in total. The van der Waals surface area contributed by atoms with E-state index in [0.29, 0.717) is 22.5 Å². The average Bonchev–Trinajstić information content (AvgIpc) is 2.72. The van der Waals surface area contributed by atoms with Crippen LogP contribution in [-0.2, 0) is 6.54 Å². The van der Waals surface area contributed by atoms with Gasteiger partial charge in [-0.25, -0.2) is 23.7 Å². The molecule has 1 aromatic carbocycles.